The van der Waals surface area contributed by atoms with Crippen molar-refractivity contribution in [1.82, 2.24) is 4.83 Å². The number of furan rings is 1. The van der Waals surface area contributed by atoms with Crippen LogP contribution in [0.15, 0.2) is 69.0 Å². The molecule has 1 heterocycles. The molecule has 2 aromatic carbocycles. The predicted octanol–water partition coefficient (Wildman–Crippen LogP) is 3.56. The molecule has 0 bridgehead atoms. The van der Waals surface area contributed by atoms with Gasteiger partial charge in [-0.25, -0.2) is 0 Å². The number of benzene rings is 2. The second kappa shape index (κ2) is 9.56. The lowest BCUT2D eigenvalue weighted by Gasteiger charge is -2.11. The van der Waals surface area contributed by atoms with E-state index in [0.29, 0.717) is 28.5 Å². The molecular formula is C22H23N3O6S. The van der Waals surface area contributed by atoms with Gasteiger partial charge in [-0.2, -0.15) is 18.4 Å². The number of amides is 1. The highest BCUT2D eigenvalue weighted by Crippen LogP contribution is 2.28. The van der Waals surface area contributed by atoms with Crippen LogP contribution >= 0.6 is 0 Å². The quantitative estimate of drug-likeness (QED) is 0.394. The SMILES string of the molecule is COc1ccc(S(=O)(=O)N/N=C(/C)c2cccc(NC(=O)c3ccc(C)o3)c2)c(OC)c1. The highest BCUT2D eigenvalue weighted by molar-refractivity contribution is 7.89. The van der Waals surface area contributed by atoms with Gasteiger partial charge in [0.1, 0.15) is 22.2 Å². The van der Waals surface area contributed by atoms with E-state index in [2.05, 4.69) is 15.2 Å². The van der Waals surface area contributed by atoms with Crippen molar-refractivity contribution < 1.29 is 27.1 Å². The van der Waals surface area contributed by atoms with Gasteiger partial charge < -0.3 is 19.2 Å². The van der Waals surface area contributed by atoms with Crippen LogP contribution < -0.4 is 19.6 Å². The summed E-state index contributed by atoms with van der Waals surface area (Å²) >= 11 is 0. The molecule has 0 radical (unpaired) electrons. The third-order valence-corrected chi connectivity index (χ3v) is 5.74. The van der Waals surface area contributed by atoms with E-state index in [0.717, 1.165) is 0 Å². The Morgan fingerprint density at radius 2 is 1.81 bits per heavy atom. The molecule has 0 saturated carbocycles. The number of rotatable bonds is 8. The summed E-state index contributed by atoms with van der Waals surface area (Å²) in [6, 6.07) is 14.5. The molecule has 0 unspecified atom stereocenters. The van der Waals surface area contributed by atoms with Gasteiger partial charge in [0.25, 0.3) is 15.9 Å². The molecule has 0 spiro atoms. The highest BCUT2D eigenvalue weighted by atomic mass is 32.2. The van der Waals surface area contributed by atoms with Crippen LogP contribution in [0.2, 0.25) is 0 Å². The lowest BCUT2D eigenvalue weighted by atomic mass is 10.1. The van der Waals surface area contributed by atoms with Gasteiger partial charge in [0.15, 0.2) is 5.76 Å². The van der Waals surface area contributed by atoms with Crippen LogP contribution in [0.3, 0.4) is 0 Å². The van der Waals surface area contributed by atoms with Crippen LogP contribution in [0.4, 0.5) is 5.69 Å². The average molecular weight is 458 g/mol. The van der Waals surface area contributed by atoms with E-state index >= 15 is 0 Å². The first-order valence-electron chi connectivity index (χ1n) is 9.50. The summed E-state index contributed by atoms with van der Waals surface area (Å²) in [6.45, 7) is 3.39. The number of nitrogens with zero attached hydrogens (tertiary/aromatic N) is 1. The summed E-state index contributed by atoms with van der Waals surface area (Å²) in [7, 11) is -1.15. The Morgan fingerprint density at radius 3 is 2.47 bits per heavy atom. The summed E-state index contributed by atoms with van der Waals surface area (Å²) in [4.78, 5) is 14.4. The van der Waals surface area contributed by atoms with Crippen molar-refractivity contribution in [2.45, 2.75) is 18.7 Å². The van der Waals surface area contributed by atoms with Crippen LogP contribution in [0.25, 0.3) is 0 Å². The summed E-state index contributed by atoms with van der Waals surface area (Å²) in [5.41, 5.74) is 1.52. The van der Waals surface area contributed by atoms with Gasteiger partial charge in [-0.1, -0.05) is 12.1 Å². The molecule has 0 atom stereocenters. The van der Waals surface area contributed by atoms with E-state index in [1.54, 1.807) is 50.2 Å². The first-order valence-corrected chi connectivity index (χ1v) is 11.0. The number of anilines is 1. The first-order chi connectivity index (χ1) is 15.2. The Hall–Kier alpha value is -3.79. The zero-order valence-corrected chi connectivity index (χ0v) is 18.8. The molecule has 10 heteroatoms. The molecule has 0 aliphatic rings. The molecule has 0 saturated heterocycles. The van der Waals surface area contributed by atoms with E-state index < -0.39 is 15.9 Å². The van der Waals surface area contributed by atoms with Gasteiger partial charge in [-0.3, -0.25) is 4.79 Å². The number of carbonyl (C=O) groups is 1. The standard InChI is InChI=1S/C22H23N3O6S/c1-14-8-10-19(31-14)22(26)23-17-7-5-6-16(12-17)15(2)24-25-32(27,28)21-11-9-18(29-3)13-20(21)30-4/h5-13,25H,1-4H3,(H,23,26)/b24-15-. The van der Waals surface area contributed by atoms with Crippen molar-refractivity contribution in [1.29, 1.82) is 0 Å². The van der Waals surface area contributed by atoms with Crippen LogP contribution in [-0.4, -0.2) is 34.3 Å². The Morgan fingerprint density at radius 1 is 1.03 bits per heavy atom. The molecule has 2 N–H and O–H groups in total. The maximum Gasteiger partial charge on any atom is 0.291 e. The van der Waals surface area contributed by atoms with E-state index in [-0.39, 0.29) is 16.4 Å². The van der Waals surface area contributed by atoms with E-state index in [4.69, 9.17) is 13.9 Å². The maximum atomic E-state index is 12.7. The Kier molecular flexibility index (Phi) is 6.84. The lowest BCUT2D eigenvalue weighted by molar-refractivity contribution is 0.0995. The number of hydrogen-bond donors (Lipinski definition) is 2. The van der Waals surface area contributed by atoms with Gasteiger partial charge in [0.05, 0.1) is 19.9 Å². The Balaban J connectivity index is 1.77. The molecule has 1 aromatic heterocycles. The Labute approximate surface area is 186 Å². The lowest BCUT2D eigenvalue weighted by Crippen LogP contribution is -2.20. The van der Waals surface area contributed by atoms with Crippen molar-refractivity contribution in [3.63, 3.8) is 0 Å². The maximum absolute atomic E-state index is 12.7. The van der Waals surface area contributed by atoms with Crippen molar-refractivity contribution in [2.75, 3.05) is 19.5 Å². The van der Waals surface area contributed by atoms with E-state index in [1.807, 2.05) is 0 Å². The number of nitrogens with one attached hydrogen (secondary N) is 2. The zero-order chi connectivity index (χ0) is 23.3. The van der Waals surface area contributed by atoms with E-state index in [1.165, 1.54) is 32.4 Å². The van der Waals surface area contributed by atoms with Crippen LogP contribution in [-0.2, 0) is 10.0 Å². The van der Waals surface area contributed by atoms with Crippen molar-refractivity contribution in [3.8, 4) is 11.5 Å². The zero-order valence-electron chi connectivity index (χ0n) is 18.0. The van der Waals surface area contributed by atoms with Gasteiger partial charge in [-0.15, -0.1) is 0 Å². The minimum atomic E-state index is -3.99. The summed E-state index contributed by atoms with van der Waals surface area (Å²) in [6.07, 6.45) is 0. The number of carbonyl (C=O) groups excluding carboxylic acids is 1. The van der Waals surface area contributed by atoms with Crippen LogP contribution in [0, 0.1) is 6.92 Å². The number of methoxy groups -OCH3 is 2. The topological polar surface area (TPSA) is 119 Å². The minimum absolute atomic E-state index is 0.0768. The number of hydrazone groups is 1. The summed E-state index contributed by atoms with van der Waals surface area (Å²) < 4.78 is 41.0. The smallest absolute Gasteiger partial charge is 0.291 e. The fourth-order valence-corrected chi connectivity index (χ4v) is 3.82. The number of sulfonamides is 1. The summed E-state index contributed by atoms with van der Waals surface area (Å²) in [5, 5.41) is 6.74. The van der Waals surface area contributed by atoms with Gasteiger partial charge >= 0.3 is 0 Å². The van der Waals surface area contributed by atoms with Gasteiger partial charge in [-0.05, 0) is 55.8 Å². The van der Waals surface area contributed by atoms with E-state index in [9.17, 15) is 13.2 Å². The molecule has 9 nitrogen and oxygen atoms in total. The molecule has 32 heavy (non-hydrogen) atoms. The number of aryl methyl sites for hydroxylation is 1. The van der Waals surface area contributed by atoms with Gasteiger partial charge in [0.2, 0.25) is 0 Å². The number of ether oxygens (including phenoxy) is 2. The largest absolute Gasteiger partial charge is 0.497 e. The molecule has 3 aromatic rings. The summed E-state index contributed by atoms with van der Waals surface area (Å²) in [5.74, 6) is 1.02. The Bertz CT molecular complexity index is 1260. The first kappa shape index (κ1) is 22.9. The molecule has 3 rings (SSSR count). The van der Waals surface area contributed by atoms with Crippen LogP contribution in [0.1, 0.15) is 28.8 Å². The second-order valence-corrected chi connectivity index (χ2v) is 8.38. The molecule has 0 fully saturated rings. The van der Waals surface area contributed by atoms with Crippen molar-refractivity contribution in [3.05, 3.63) is 71.7 Å². The number of hydrogen-bond acceptors (Lipinski definition) is 7. The normalized spacial score (nSPS) is 11.7. The second-order valence-electron chi connectivity index (χ2n) is 6.75. The predicted molar refractivity (Wildman–Crippen MR) is 120 cm³/mol. The molecule has 0 aliphatic heterocycles. The third kappa shape index (κ3) is 5.27. The van der Waals surface area contributed by atoms with Crippen molar-refractivity contribution in [2.24, 2.45) is 5.10 Å². The monoisotopic (exact) mass is 457 g/mol. The molecular weight excluding hydrogens is 434 g/mol. The fourth-order valence-electron chi connectivity index (χ4n) is 2.81. The highest BCUT2D eigenvalue weighted by Gasteiger charge is 2.20. The molecule has 168 valence electrons. The van der Waals surface area contributed by atoms with Gasteiger partial charge in [0, 0.05) is 11.8 Å². The average Bonchev–Trinajstić information content (AvgIpc) is 3.23. The third-order valence-electron chi connectivity index (χ3n) is 4.50. The molecule has 0 aliphatic carbocycles. The van der Waals surface area contributed by atoms with Crippen molar-refractivity contribution >= 4 is 27.3 Å². The fraction of sp³-hybridized carbons (Fsp3) is 0.182. The van der Waals surface area contributed by atoms with Crippen LogP contribution in [0.5, 0.6) is 11.5 Å². The molecule has 1 amide bonds. The minimum Gasteiger partial charge on any atom is -0.497 e.